The molecule has 0 fully saturated rings. The topological polar surface area (TPSA) is 72.2 Å². The fourth-order valence-corrected chi connectivity index (χ4v) is 3.84. The van der Waals surface area contributed by atoms with Crippen molar-refractivity contribution in [2.24, 2.45) is 0 Å². The first kappa shape index (κ1) is 15.7. The van der Waals surface area contributed by atoms with Gasteiger partial charge in [0.15, 0.2) is 0 Å². The molecule has 0 bridgehead atoms. The van der Waals surface area contributed by atoms with E-state index in [0.717, 1.165) is 16.8 Å². The molecule has 0 saturated heterocycles. The first-order valence-electron chi connectivity index (χ1n) is 6.78. The van der Waals surface area contributed by atoms with Crippen LogP contribution in [0.3, 0.4) is 0 Å². The van der Waals surface area contributed by atoms with Gasteiger partial charge in [-0.05, 0) is 51.8 Å². The standard InChI is InChI=1S/C15H20N2O3S/c1-9(2)17-21(18,19)14-8-13(7-6-10(14)3)15-11(4)16-20-12(15)5/h6-9,17H,1-5H3. The van der Waals surface area contributed by atoms with Crippen LogP contribution in [-0.4, -0.2) is 19.6 Å². The molecule has 0 amide bonds. The van der Waals surface area contributed by atoms with Crippen molar-refractivity contribution in [2.45, 2.75) is 45.6 Å². The third-order valence-corrected chi connectivity index (χ3v) is 4.99. The Kier molecular flexibility index (Phi) is 4.20. The Morgan fingerprint density at radius 2 is 1.86 bits per heavy atom. The molecular formula is C15H20N2O3S. The molecule has 0 aliphatic carbocycles. The van der Waals surface area contributed by atoms with Gasteiger partial charge in [-0.1, -0.05) is 17.3 Å². The highest BCUT2D eigenvalue weighted by molar-refractivity contribution is 7.89. The van der Waals surface area contributed by atoms with Crippen LogP contribution in [0.2, 0.25) is 0 Å². The largest absolute Gasteiger partial charge is 0.361 e. The number of nitrogens with one attached hydrogen (secondary N) is 1. The highest BCUT2D eigenvalue weighted by Crippen LogP contribution is 2.30. The number of benzene rings is 1. The van der Waals surface area contributed by atoms with E-state index in [4.69, 9.17) is 4.52 Å². The van der Waals surface area contributed by atoms with Crippen molar-refractivity contribution in [3.63, 3.8) is 0 Å². The SMILES string of the molecule is Cc1ccc(-c2c(C)noc2C)cc1S(=O)(=O)NC(C)C. The average molecular weight is 308 g/mol. The molecule has 0 aliphatic rings. The molecule has 1 heterocycles. The van der Waals surface area contributed by atoms with Crippen molar-refractivity contribution in [3.05, 3.63) is 35.2 Å². The smallest absolute Gasteiger partial charge is 0.241 e. The van der Waals surface area contributed by atoms with Crippen LogP contribution < -0.4 is 4.72 Å². The predicted octanol–water partition coefficient (Wildman–Crippen LogP) is 2.95. The minimum atomic E-state index is -3.53. The van der Waals surface area contributed by atoms with Gasteiger partial charge in [-0.15, -0.1) is 0 Å². The number of aryl methyl sites for hydroxylation is 3. The Hall–Kier alpha value is -1.66. The maximum absolute atomic E-state index is 12.4. The third kappa shape index (κ3) is 3.16. The Labute approximate surface area is 125 Å². The lowest BCUT2D eigenvalue weighted by Gasteiger charge is -2.13. The fourth-order valence-electron chi connectivity index (χ4n) is 2.31. The molecule has 0 aliphatic heterocycles. The van der Waals surface area contributed by atoms with Gasteiger partial charge < -0.3 is 4.52 Å². The molecule has 2 aromatic rings. The van der Waals surface area contributed by atoms with E-state index in [0.29, 0.717) is 11.3 Å². The molecular weight excluding hydrogens is 288 g/mol. The summed E-state index contributed by atoms with van der Waals surface area (Å²) in [6.45, 7) is 9.03. The van der Waals surface area contributed by atoms with Crippen molar-refractivity contribution in [2.75, 3.05) is 0 Å². The Morgan fingerprint density at radius 3 is 2.38 bits per heavy atom. The molecule has 1 aromatic carbocycles. The summed E-state index contributed by atoms with van der Waals surface area (Å²) in [6.07, 6.45) is 0. The van der Waals surface area contributed by atoms with Gasteiger partial charge in [0, 0.05) is 11.6 Å². The summed E-state index contributed by atoms with van der Waals surface area (Å²) >= 11 is 0. The van der Waals surface area contributed by atoms with E-state index in [-0.39, 0.29) is 10.9 Å². The van der Waals surface area contributed by atoms with E-state index in [1.54, 1.807) is 32.9 Å². The zero-order valence-electron chi connectivity index (χ0n) is 12.9. The molecule has 1 aromatic heterocycles. The number of sulfonamides is 1. The van der Waals surface area contributed by atoms with Crippen LogP contribution in [-0.2, 0) is 10.0 Å². The van der Waals surface area contributed by atoms with Gasteiger partial charge in [-0.2, -0.15) is 0 Å². The lowest BCUT2D eigenvalue weighted by Crippen LogP contribution is -2.30. The zero-order valence-corrected chi connectivity index (χ0v) is 13.7. The second-order valence-corrected chi connectivity index (χ2v) is 7.14. The van der Waals surface area contributed by atoms with Crippen LogP contribution in [0.4, 0.5) is 0 Å². The quantitative estimate of drug-likeness (QED) is 0.942. The van der Waals surface area contributed by atoms with Gasteiger partial charge >= 0.3 is 0 Å². The van der Waals surface area contributed by atoms with E-state index in [1.165, 1.54) is 0 Å². The van der Waals surface area contributed by atoms with E-state index in [1.807, 2.05) is 19.9 Å². The van der Waals surface area contributed by atoms with E-state index < -0.39 is 10.0 Å². The first-order valence-corrected chi connectivity index (χ1v) is 8.27. The monoisotopic (exact) mass is 308 g/mol. The molecule has 114 valence electrons. The van der Waals surface area contributed by atoms with Crippen LogP contribution >= 0.6 is 0 Å². The molecule has 0 saturated carbocycles. The summed E-state index contributed by atoms with van der Waals surface area (Å²) in [6, 6.07) is 5.20. The van der Waals surface area contributed by atoms with Crippen LogP contribution in [0, 0.1) is 20.8 Å². The Bertz CT molecular complexity index is 742. The van der Waals surface area contributed by atoms with Crippen molar-refractivity contribution < 1.29 is 12.9 Å². The first-order chi connectivity index (χ1) is 9.72. The third-order valence-electron chi connectivity index (χ3n) is 3.19. The lowest BCUT2D eigenvalue weighted by atomic mass is 10.0. The van der Waals surface area contributed by atoms with Crippen LogP contribution in [0.15, 0.2) is 27.6 Å². The summed E-state index contributed by atoms with van der Waals surface area (Å²) in [7, 11) is -3.53. The fraction of sp³-hybridized carbons (Fsp3) is 0.400. The maximum Gasteiger partial charge on any atom is 0.241 e. The van der Waals surface area contributed by atoms with Crippen molar-refractivity contribution in [1.29, 1.82) is 0 Å². The summed E-state index contributed by atoms with van der Waals surface area (Å²) < 4.78 is 32.6. The maximum atomic E-state index is 12.4. The van der Waals surface area contributed by atoms with E-state index in [9.17, 15) is 8.42 Å². The molecule has 0 spiro atoms. The number of hydrogen-bond acceptors (Lipinski definition) is 4. The number of hydrogen-bond donors (Lipinski definition) is 1. The number of nitrogens with zero attached hydrogens (tertiary/aromatic N) is 1. The summed E-state index contributed by atoms with van der Waals surface area (Å²) in [5.74, 6) is 0.677. The predicted molar refractivity (Wildman–Crippen MR) is 81.6 cm³/mol. The number of rotatable bonds is 4. The molecule has 1 N–H and O–H groups in total. The summed E-state index contributed by atoms with van der Waals surface area (Å²) in [4.78, 5) is 0.286. The summed E-state index contributed by atoms with van der Waals surface area (Å²) in [5.41, 5.74) is 3.09. The molecule has 0 atom stereocenters. The van der Waals surface area contributed by atoms with Crippen molar-refractivity contribution >= 4 is 10.0 Å². The normalized spacial score (nSPS) is 12.1. The Morgan fingerprint density at radius 1 is 1.19 bits per heavy atom. The van der Waals surface area contributed by atoms with Gasteiger partial charge in [0.2, 0.25) is 10.0 Å². The second kappa shape index (κ2) is 5.61. The Balaban J connectivity index is 2.58. The van der Waals surface area contributed by atoms with E-state index >= 15 is 0 Å². The lowest BCUT2D eigenvalue weighted by molar-refractivity contribution is 0.393. The molecule has 6 heteroatoms. The zero-order chi connectivity index (χ0) is 15.8. The highest BCUT2D eigenvalue weighted by atomic mass is 32.2. The molecule has 21 heavy (non-hydrogen) atoms. The minimum Gasteiger partial charge on any atom is -0.361 e. The van der Waals surface area contributed by atoms with Crippen molar-refractivity contribution in [1.82, 2.24) is 9.88 Å². The van der Waals surface area contributed by atoms with Gasteiger partial charge in [-0.25, -0.2) is 13.1 Å². The second-order valence-electron chi connectivity index (χ2n) is 5.46. The molecule has 5 nitrogen and oxygen atoms in total. The van der Waals surface area contributed by atoms with Gasteiger partial charge in [0.05, 0.1) is 10.6 Å². The van der Waals surface area contributed by atoms with Gasteiger partial charge in [-0.3, -0.25) is 0 Å². The minimum absolute atomic E-state index is 0.155. The molecule has 2 rings (SSSR count). The highest BCUT2D eigenvalue weighted by Gasteiger charge is 2.20. The van der Waals surface area contributed by atoms with Gasteiger partial charge in [0.25, 0.3) is 0 Å². The van der Waals surface area contributed by atoms with E-state index in [2.05, 4.69) is 9.88 Å². The van der Waals surface area contributed by atoms with Crippen LogP contribution in [0.25, 0.3) is 11.1 Å². The average Bonchev–Trinajstić information content (AvgIpc) is 2.68. The molecule has 0 unspecified atom stereocenters. The molecule has 0 radical (unpaired) electrons. The van der Waals surface area contributed by atoms with Crippen LogP contribution in [0.1, 0.15) is 30.9 Å². The summed E-state index contributed by atoms with van der Waals surface area (Å²) in [5, 5.41) is 3.92. The number of aromatic nitrogens is 1. The van der Waals surface area contributed by atoms with Gasteiger partial charge in [0.1, 0.15) is 5.76 Å². The van der Waals surface area contributed by atoms with Crippen LogP contribution in [0.5, 0.6) is 0 Å². The van der Waals surface area contributed by atoms with Crippen molar-refractivity contribution in [3.8, 4) is 11.1 Å².